The lowest BCUT2D eigenvalue weighted by Gasteiger charge is -2.05. The smallest absolute Gasteiger partial charge is 0.296 e. The van der Waals surface area contributed by atoms with E-state index in [4.69, 9.17) is 4.42 Å². The Hall–Kier alpha value is -1.49. The first-order chi connectivity index (χ1) is 7.83. The van der Waals surface area contributed by atoms with Crippen LogP contribution in [-0.4, -0.2) is 21.9 Å². The normalized spacial score (nSPS) is 20.5. The molecule has 0 aliphatic carbocycles. The van der Waals surface area contributed by atoms with Gasteiger partial charge in [-0.1, -0.05) is 23.9 Å². The second kappa shape index (κ2) is 3.83. The van der Waals surface area contributed by atoms with E-state index < -0.39 is 0 Å². The summed E-state index contributed by atoms with van der Waals surface area (Å²) in [6, 6.07) is 7.83. The first-order valence-electron chi connectivity index (χ1n) is 5.12. The van der Waals surface area contributed by atoms with E-state index in [0.29, 0.717) is 6.01 Å². The predicted octanol–water partition coefficient (Wildman–Crippen LogP) is 2.27. The zero-order valence-electron chi connectivity index (χ0n) is 8.47. The number of anilines is 1. The molecule has 16 heavy (non-hydrogen) atoms. The zero-order chi connectivity index (χ0) is 11.0. The zero-order valence-corrected chi connectivity index (χ0v) is 9.29. The van der Waals surface area contributed by atoms with Gasteiger partial charge in [0.15, 0.2) is 5.58 Å². The van der Waals surface area contributed by atoms with Crippen LogP contribution in [0.5, 0.6) is 0 Å². The number of rotatable bonds is 2. The van der Waals surface area contributed by atoms with Crippen LogP contribution < -0.4 is 5.32 Å². The van der Waals surface area contributed by atoms with Gasteiger partial charge in [-0.15, -0.1) is 0 Å². The van der Waals surface area contributed by atoms with E-state index in [1.165, 1.54) is 11.8 Å². The molecule has 1 aromatic carbocycles. The Morgan fingerprint density at radius 1 is 1.44 bits per heavy atom. The summed E-state index contributed by atoms with van der Waals surface area (Å²) in [5, 5.41) is 3.20. The molecule has 0 spiro atoms. The molecule has 1 aliphatic rings. The minimum absolute atomic E-state index is 0.155. The molecule has 0 saturated carbocycles. The number of nitrogens with zero attached hydrogens (tertiary/aromatic N) is 1. The summed E-state index contributed by atoms with van der Waals surface area (Å²) in [6.45, 7) is 0. The number of hydrogen-bond donors (Lipinski definition) is 1. The second-order valence-corrected chi connectivity index (χ2v) is 4.74. The van der Waals surface area contributed by atoms with Gasteiger partial charge in [0.2, 0.25) is 5.12 Å². The number of aromatic nitrogens is 1. The lowest BCUT2D eigenvalue weighted by molar-refractivity contribution is -0.111. The van der Waals surface area contributed by atoms with Crippen molar-refractivity contribution in [2.75, 3.05) is 11.1 Å². The van der Waals surface area contributed by atoms with Crippen molar-refractivity contribution >= 4 is 34.0 Å². The fourth-order valence-corrected chi connectivity index (χ4v) is 2.64. The van der Waals surface area contributed by atoms with E-state index in [2.05, 4.69) is 10.3 Å². The lowest BCUT2D eigenvalue weighted by Crippen LogP contribution is -2.22. The summed E-state index contributed by atoms with van der Waals surface area (Å²) in [4.78, 5) is 15.7. The maximum absolute atomic E-state index is 11.4. The van der Waals surface area contributed by atoms with Crippen molar-refractivity contribution in [2.45, 2.75) is 12.5 Å². The first kappa shape index (κ1) is 9.72. The topological polar surface area (TPSA) is 55.1 Å². The van der Waals surface area contributed by atoms with Crippen molar-refractivity contribution in [3.05, 3.63) is 24.3 Å². The molecule has 5 heteroatoms. The Kier molecular flexibility index (Phi) is 2.32. The average Bonchev–Trinajstić information content (AvgIpc) is 2.85. The Morgan fingerprint density at radius 2 is 2.31 bits per heavy atom. The van der Waals surface area contributed by atoms with Crippen LogP contribution in [0.3, 0.4) is 0 Å². The summed E-state index contributed by atoms with van der Waals surface area (Å²) >= 11 is 1.36. The van der Waals surface area contributed by atoms with Crippen molar-refractivity contribution in [3.63, 3.8) is 0 Å². The fraction of sp³-hybridized carbons (Fsp3) is 0.273. The fourth-order valence-electron chi connectivity index (χ4n) is 1.71. The average molecular weight is 234 g/mol. The largest absolute Gasteiger partial charge is 0.424 e. The van der Waals surface area contributed by atoms with Crippen LogP contribution in [-0.2, 0) is 4.79 Å². The van der Waals surface area contributed by atoms with Crippen molar-refractivity contribution in [1.29, 1.82) is 0 Å². The van der Waals surface area contributed by atoms with Crippen molar-refractivity contribution < 1.29 is 9.21 Å². The molecule has 1 atom stereocenters. The van der Waals surface area contributed by atoms with Crippen molar-refractivity contribution in [1.82, 2.24) is 4.98 Å². The summed E-state index contributed by atoms with van der Waals surface area (Å²) in [6.07, 6.45) is 0.836. The van der Waals surface area contributed by atoms with E-state index in [-0.39, 0.29) is 11.2 Å². The standard InChI is InChI=1S/C11H10N2O2S/c14-10-8(5-6-16-10)13-11-12-7-3-1-2-4-9(7)15-11/h1-4,8H,5-6H2,(H,12,13). The quantitative estimate of drug-likeness (QED) is 0.863. The van der Waals surface area contributed by atoms with Gasteiger partial charge in [-0.05, 0) is 18.6 Å². The number of para-hydroxylation sites is 2. The number of hydrogen-bond acceptors (Lipinski definition) is 5. The van der Waals surface area contributed by atoms with Gasteiger partial charge in [0.25, 0.3) is 6.01 Å². The number of carbonyl (C=O) groups excluding carboxylic acids is 1. The number of benzene rings is 1. The molecule has 3 rings (SSSR count). The van der Waals surface area contributed by atoms with E-state index in [9.17, 15) is 4.79 Å². The third-order valence-electron chi connectivity index (χ3n) is 2.53. The molecule has 0 bridgehead atoms. The molecule has 2 heterocycles. The molecule has 1 N–H and O–H groups in total. The van der Waals surface area contributed by atoms with Crippen molar-refractivity contribution in [3.8, 4) is 0 Å². The number of oxazole rings is 1. The highest BCUT2D eigenvalue weighted by Crippen LogP contribution is 2.24. The molecule has 0 radical (unpaired) electrons. The van der Waals surface area contributed by atoms with Gasteiger partial charge < -0.3 is 9.73 Å². The van der Waals surface area contributed by atoms with Gasteiger partial charge in [-0.3, -0.25) is 4.79 Å². The molecular weight excluding hydrogens is 224 g/mol. The lowest BCUT2D eigenvalue weighted by atomic mass is 10.3. The summed E-state index contributed by atoms with van der Waals surface area (Å²) in [5.41, 5.74) is 1.55. The van der Waals surface area contributed by atoms with Gasteiger partial charge >= 0.3 is 0 Å². The number of nitrogens with one attached hydrogen (secondary N) is 1. The molecule has 1 aliphatic heterocycles. The maximum atomic E-state index is 11.4. The molecule has 2 aromatic rings. The van der Waals surface area contributed by atoms with Crippen LogP contribution in [0.2, 0.25) is 0 Å². The van der Waals surface area contributed by atoms with Crippen molar-refractivity contribution in [2.24, 2.45) is 0 Å². The highest BCUT2D eigenvalue weighted by atomic mass is 32.2. The molecule has 1 fully saturated rings. The monoisotopic (exact) mass is 234 g/mol. The van der Waals surface area contributed by atoms with Gasteiger partial charge in [0, 0.05) is 5.75 Å². The van der Waals surface area contributed by atoms with E-state index >= 15 is 0 Å². The van der Waals surface area contributed by atoms with Crippen LogP contribution in [0.15, 0.2) is 28.7 Å². The molecule has 4 nitrogen and oxygen atoms in total. The minimum atomic E-state index is -0.155. The van der Waals surface area contributed by atoms with E-state index in [1.807, 2.05) is 24.3 Å². The minimum Gasteiger partial charge on any atom is -0.424 e. The van der Waals surface area contributed by atoms with Gasteiger partial charge in [0.05, 0.1) is 0 Å². The molecule has 82 valence electrons. The van der Waals surface area contributed by atoms with Gasteiger partial charge in [-0.2, -0.15) is 4.98 Å². The van der Waals surface area contributed by atoms with Gasteiger partial charge in [0.1, 0.15) is 11.6 Å². The first-order valence-corrected chi connectivity index (χ1v) is 6.10. The van der Waals surface area contributed by atoms with Crippen LogP contribution in [0, 0.1) is 0 Å². The second-order valence-electron chi connectivity index (χ2n) is 3.64. The Morgan fingerprint density at radius 3 is 3.06 bits per heavy atom. The SMILES string of the molecule is O=C1SCCC1Nc1nc2ccccc2o1. The molecular formula is C11H10N2O2S. The molecule has 1 saturated heterocycles. The predicted molar refractivity (Wildman–Crippen MR) is 63.5 cm³/mol. The third kappa shape index (κ3) is 1.67. The Bertz CT molecular complexity index is 505. The summed E-state index contributed by atoms with van der Waals surface area (Å²) in [5.74, 6) is 0.872. The highest BCUT2D eigenvalue weighted by Gasteiger charge is 2.26. The Labute approximate surface area is 96.4 Å². The number of thioether (sulfide) groups is 1. The number of fused-ring (bicyclic) bond motifs is 1. The highest BCUT2D eigenvalue weighted by molar-refractivity contribution is 8.14. The van der Waals surface area contributed by atoms with E-state index in [0.717, 1.165) is 23.3 Å². The Balaban J connectivity index is 1.86. The van der Waals surface area contributed by atoms with Crippen LogP contribution in [0.25, 0.3) is 11.1 Å². The maximum Gasteiger partial charge on any atom is 0.296 e. The van der Waals surface area contributed by atoms with E-state index in [1.54, 1.807) is 0 Å². The summed E-state index contributed by atoms with van der Waals surface area (Å²) in [7, 11) is 0. The molecule has 0 amide bonds. The molecule has 1 aromatic heterocycles. The van der Waals surface area contributed by atoms with Crippen LogP contribution in [0.4, 0.5) is 6.01 Å². The van der Waals surface area contributed by atoms with Crippen LogP contribution in [0.1, 0.15) is 6.42 Å². The number of carbonyl (C=O) groups is 1. The third-order valence-corrected chi connectivity index (χ3v) is 3.54. The molecule has 1 unspecified atom stereocenters. The van der Waals surface area contributed by atoms with Gasteiger partial charge in [-0.25, -0.2) is 0 Å². The van der Waals surface area contributed by atoms with Crippen LogP contribution >= 0.6 is 11.8 Å². The summed E-state index contributed by atoms with van der Waals surface area (Å²) < 4.78 is 5.49.